The lowest BCUT2D eigenvalue weighted by atomic mass is 9.98. The molecule has 18 heavy (non-hydrogen) atoms. The van der Waals surface area contributed by atoms with Gasteiger partial charge in [0.25, 0.3) is 0 Å². The molecule has 0 aromatic heterocycles. The zero-order valence-electron chi connectivity index (χ0n) is 11.8. The maximum absolute atomic E-state index is 12.0. The van der Waals surface area contributed by atoms with Crippen LogP contribution in [0.5, 0.6) is 0 Å². The minimum absolute atomic E-state index is 0.149. The zero-order chi connectivity index (χ0) is 13.6. The van der Waals surface area contributed by atoms with Crippen LogP contribution in [0.15, 0.2) is 0 Å². The normalized spacial score (nSPS) is 19.4. The number of esters is 1. The Hall–Kier alpha value is -0.260. The van der Waals surface area contributed by atoms with Crippen LogP contribution in [0.25, 0.3) is 0 Å². The van der Waals surface area contributed by atoms with Crippen molar-refractivity contribution < 1.29 is 14.3 Å². The van der Waals surface area contributed by atoms with Gasteiger partial charge in [-0.25, -0.2) is 0 Å². The van der Waals surface area contributed by atoms with Gasteiger partial charge >= 0.3 is 5.97 Å². The summed E-state index contributed by atoms with van der Waals surface area (Å²) in [6.07, 6.45) is 0.783. The maximum Gasteiger partial charge on any atom is 0.326 e. The van der Waals surface area contributed by atoms with Gasteiger partial charge in [0.2, 0.25) is 0 Å². The molecular formula is C13H25NO3S. The smallest absolute Gasteiger partial charge is 0.326 e. The Balaban J connectivity index is 2.44. The van der Waals surface area contributed by atoms with Crippen LogP contribution in [0.2, 0.25) is 0 Å². The van der Waals surface area contributed by atoms with Gasteiger partial charge in [0.15, 0.2) is 0 Å². The second-order valence-corrected chi connectivity index (χ2v) is 6.54. The Bertz CT molecular complexity index is 269. The van der Waals surface area contributed by atoms with Crippen LogP contribution in [0.4, 0.5) is 0 Å². The Kier molecular flexibility index (Phi) is 6.46. The van der Waals surface area contributed by atoms with E-state index < -0.39 is 5.54 Å². The minimum atomic E-state index is -0.582. The lowest BCUT2D eigenvalue weighted by Gasteiger charge is -2.32. The van der Waals surface area contributed by atoms with Gasteiger partial charge in [0.1, 0.15) is 5.54 Å². The van der Waals surface area contributed by atoms with Crippen molar-refractivity contribution in [2.24, 2.45) is 0 Å². The van der Waals surface area contributed by atoms with E-state index in [-0.39, 0.29) is 12.0 Å². The van der Waals surface area contributed by atoms with Crippen molar-refractivity contribution in [3.05, 3.63) is 0 Å². The van der Waals surface area contributed by atoms with E-state index in [9.17, 15) is 4.79 Å². The molecule has 1 saturated heterocycles. The zero-order valence-corrected chi connectivity index (χ0v) is 12.6. The summed E-state index contributed by atoms with van der Waals surface area (Å²) in [7, 11) is 0. The van der Waals surface area contributed by atoms with Gasteiger partial charge in [0.05, 0.1) is 25.1 Å². The van der Waals surface area contributed by atoms with E-state index in [0.29, 0.717) is 11.9 Å². The molecule has 0 aromatic carbocycles. The summed E-state index contributed by atoms with van der Waals surface area (Å²) in [5, 5.41) is 3.94. The highest BCUT2D eigenvalue weighted by molar-refractivity contribution is 8.00. The molecule has 1 unspecified atom stereocenters. The average molecular weight is 275 g/mol. The van der Waals surface area contributed by atoms with Crippen LogP contribution in [0.3, 0.4) is 0 Å². The lowest BCUT2D eigenvalue weighted by molar-refractivity contribution is -0.150. The Morgan fingerprint density at radius 3 is 2.67 bits per heavy atom. The van der Waals surface area contributed by atoms with Gasteiger partial charge in [0, 0.05) is 6.04 Å². The quantitative estimate of drug-likeness (QED) is 0.685. The van der Waals surface area contributed by atoms with E-state index in [1.807, 2.05) is 39.5 Å². The molecule has 0 aliphatic carbocycles. The number of hydrogen-bond acceptors (Lipinski definition) is 5. The van der Waals surface area contributed by atoms with Crippen molar-refractivity contribution in [3.8, 4) is 0 Å². The SMILES string of the molecule is CCOC(=O)C(C)(CCSC1COC1)NC(C)C. The molecule has 0 amide bonds. The summed E-state index contributed by atoms with van der Waals surface area (Å²) in [6, 6.07) is 0.261. The number of carbonyl (C=O) groups is 1. The van der Waals surface area contributed by atoms with E-state index in [0.717, 1.165) is 25.4 Å². The monoisotopic (exact) mass is 275 g/mol. The fourth-order valence-corrected chi connectivity index (χ4v) is 3.15. The van der Waals surface area contributed by atoms with Crippen LogP contribution >= 0.6 is 11.8 Å². The van der Waals surface area contributed by atoms with Crippen molar-refractivity contribution in [1.82, 2.24) is 5.32 Å². The number of carbonyl (C=O) groups excluding carboxylic acids is 1. The van der Waals surface area contributed by atoms with Gasteiger partial charge in [-0.15, -0.1) is 0 Å². The summed E-state index contributed by atoms with van der Waals surface area (Å²) in [5.41, 5.74) is -0.582. The third kappa shape index (κ3) is 4.78. The molecule has 1 fully saturated rings. The Morgan fingerprint density at radius 2 is 2.22 bits per heavy atom. The molecule has 1 rings (SSSR count). The third-order valence-corrected chi connectivity index (χ3v) is 4.08. The molecule has 1 atom stereocenters. The van der Waals surface area contributed by atoms with Crippen LogP contribution in [-0.4, -0.2) is 48.4 Å². The Morgan fingerprint density at radius 1 is 1.56 bits per heavy atom. The van der Waals surface area contributed by atoms with Gasteiger partial charge in [-0.2, -0.15) is 11.8 Å². The van der Waals surface area contributed by atoms with Gasteiger partial charge in [-0.1, -0.05) is 0 Å². The number of rotatable bonds is 8. The number of nitrogens with one attached hydrogen (secondary N) is 1. The van der Waals surface area contributed by atoms with Crippen LogP contribution < -0.4 is 5.32 Å². The molecule has 106 valence electrons. The van der Waals surface area contributed by atoms with Crippen LogP contribution in [0.1, 0.15) is 34.1 Å². The Labute approximate surface area is 114 Å². The highest BCUT2D eigenvalue weighted by atomic mass is 32.2. The summed E-state index contributed by atoms with van der Waals surface area (Å²) >= 11 is 1.88. The molecule has 1 N–H and O–H groups in total. The molecule has 1 aliphatic rings. The van der Waals surface area contributed by atoms with Crippen LogP contribution in [0, 0.1) is 0 Å². The van der Waals surface area contributed by atoms with Gasteiger partial charge < -0.3 is 9.47 Å². The summed E-state index contributed by atoms with van der Waals surface area (Å²) in [6.45, 7) is 9.99. The molecule has 0 bridgehead atoms. The number of hydrogen-bond donors (Lipinski definition) is 1. The number of ether oxygens (including phenoxy) is 2. The van der Waals surface area contributed by atoms with Gasteiger partial charge in [-0.05, 0) is 39.9 Å². The highest BCUT2D eigenvalue weighted by Crippen LogP contribution is 2.23. The van der Waals surface area contributed by atoms with Crippen LogP contribution in [-0.2, 0) is 14.3 Å². The van der Waals surface area contributed by atoms with Crippen molar-refractivity contribution in [2.75, 3.05) is 25.6 Å². The first-order valence-electron chi connectivity index (χ1n) is 6.62. The van der Waals surface area contributed by atoms with Crippen molar-refractivity contribution in [3.63, 3.8) is 0 Å². The first-order chi connectivity index (χ1) is 8.48. The summed E-state index contributed by atoms with van der Waals surface area (Å²) < 4.78 is 10.3. The largest absolute Gasteiger partial charge is 0.465 e. The average Bonchev–Trinajstić information content (AvgIpc) is 2.21. The fourth-order valence-electron chi connectivity index (χ4n) is 1.90. The highest BCUT2D eigenvalue weighted by Gasteiger charge is 2.35. The van der Waals surface area contributed by atoms with Gasteiger partial charge in [-0.3, -0.25) is 10.1 Å². The topological polar surface area (TPSA) is 47.6 Å². The predicted octanol–water partition coefficient (Wildman–Crippen LogP) is 1.83. The van der Waals surface area contributed by atoms with E-state index in [1.165, 1.54) is 0 Å². The molecule has 0 saturated carbocycles. The molecular weight excluding hydrogens is 250 g/mol. The molecule has 0 aromatic rings. The fraction of sp³-hybridized carbons (Fsp3) is 0.923. The number of thioether (sulfide) groups is 1. The standard InChI is InChI=1S/C13H25NO3S/c1-5-17-12(15)13(4,14-10(2)3)6-7-18-11-8-16-9-11/h10-11,14H,5-9H2,1-4H3. The summed E-state index contributed by atoms with van der Waals surface area (Å²) in [5.74, 6) is 0.799. The minimum Gasteiger partial charge on any atom is -0.465 e. The van der Waals surface area contributed by atoms with E-state index >= 15 is 0 Å². The molecule has 5 heteroatoms. The maximum atomic E-state index is 12.0. The first-order valence-corrected chi connectivity index (χ1v) is 7.67. The molecule has 4 nitrogen and oxygen atoms in total. The molecule has 0 radical (unpaired) electrons. The molecule has 1 aliphatic heterocycles. The molecule has 0 spiro atoms. The molecule has 1 heterocycles. The second kappa shape index (κ2) is 7.36. The van der Waals surface area contributed by atoms with E-state index in [4.69, 9.17) is 9.47 Å². The third-order valence-electron chi connectivity index (χ3n) is 2.90. The van der Waals surface area contributed by atoms with Crippen molar-refractivity contribution in [2.45, 2.75) is 50.9 Å². The van der Waals surface area contributed by atoms with Crippen molar-refractivity contribution in [1.29, 1.82) is 0 Å². The predicted molar refractivity (Wildman–Crippen MR) is 75.0 cm³/mol. The second-order valence-electron chi connectivity index (χ2n) is 5.13. The van der Waals surface area contributed by atoms with E-state index in [1.54, 1.807) is 0 Å². The first kappa shape index (κ1) is 15.8. The lowest BCUT2D eigenvalue weighted by Crippen LogP contribution is -2.53. The van der Waals surface area contributed by atoms with E-state index in [2.05, 4.69) is 5.32 Å². The van der Waals surface area contributed by atoms with Crippen molar-refractivity contribution >= 4 is 17.7 Å². The summed E-state index contributed by atoms with van der Waals surface area (Å²) in [4.78, 5) is 12.0.